The molecule has 0 bridgehead atoms. The van der Waals surface area contributed by atoms with Crippen molar-refractivity contribution >= 4 is 64.8 Å². The fraction of sp³-hybridized carbons (Fsp3) is 0.579. The van der Waals surface area contributed by atoms with Gasteiger partial charge < -0.3 is 75.6 Å². The molecular formula is C38H53N14O20P3S. The van der Waals surface area contributed by atoms with Crippen LogP contribution in [0.25, 0.3) is 20.9 Å². The lowest BCUT2D eigenvalue weighted by atomic mass is 10.0. The predicted molar refractivity (Wildman–Crippen MR) is 261 cm³/mol. The van der Waals surface area contributed by atoms with Crippen LogP contribution in [0.1, 0.15) is 54.3 Å². The van der Waals surface area contributed by atoms with Gasteiger partial charge in [0.05, 0.1) is 50.1 Å². The number of rotatable bonds is 31. The molecule has 416 valence electrons. The largest absolute Gasteiger partial charge is 0.491 e. The molecule has 76 heavy (non-hydrogen) atoms. The number of phosphoric ester groups is 1. The van der Waals surface area contributed by atoms with Crippen molar-refractivity contribution in [1.29, 1.82) is 0 Å². The molecule has 1 aromatic carbocycles. The zero-order valence-corrected chi connectivity index (χ0v) is 43.3. The molecular weight excluding hydrogens is 1100 g/mol. The first-order chi connectivity index (χ1) is 36.1. The molecule has 3 saturated heterocycles. The van der Waals surface area contributed by atoms with Gasteiger partial charge in [0.2, 0.25) is 11.8 Å². The number of nitrogens with one attached hydrogen (secondary N) is 5. The van der Waals surface area contributed by atoms with Crippen LogP contribution in [0.3, 0.4) is 0 Å². The lowest BCUT2D eigenvalue weighted by Gasteiger charge is -2.21. The molecule has 4 heterocycles. The second-order valence-corrected chi connectivity index (χ2v) is 21.7. The average Bonchev–Trinajstić information content (AvgIpc) is 4.05. The molecule has 3 aliphatic rings. The lowest BCUT2D eigenvalue weighted by Crippen LogP contribution is -2.36. The molecule has 0 radical (unpaired) electrons. The van der Waals surface area contributed by atoms with Crippen molar-refractivity contribution in [2.45, 2.75) is 74.1 Å². The molecule has 9 unspecified atom stereocenters. The van der Waals surface area contributed by atoms with E-state index in [1.54, 1.807) is 18.2 Å². The Labute approximate surface area is 434 Å². The molecule has 11 N–H and O–H groups in total. The third-order valence-corrected chi connectivity index (χ3v) is 15.9. The van der Waals surface area contributed by atoms with Crippen LogP contribution >= 0.6 is 35.2 Å². The van der Waals surface area contributed by atoms with Gasteiger partial charge in [-0.05, 0) is 42.1 Å². The second kappa shape index (κ2) is 29.6. The number of ether oxygens (including phenoxy) is 5. The van der Waals surface area contributed by atoms with E-state index in [9.17, 15) is 47.5 Å². The van der Waals surface area contributed by atoms with Crippen molar-refractivity contribution in [2.24, 2.45) is 10.2 Å². The Morgan fingerprint density at radius 1 is 1.03 bits per heavy atom. The van der Waals surface area contributed by atoms with Crippen molar-refractivity contribution in [3.63, 3.8) is 0 Å². The maximum atomic E-state index is 12.8. The summed E-state index contributed by atoms with van der Waals surface area (Å²) in [5.41, 5.74) is 22.9. The normalized spacial score (nSPS) is 21.6. The van der Waals surface area contributed by atoms with E-state index >= 15 is 0 Å². The van der Waals surface area contributed by atoms with Gasteiger partial charge >= 0.3 is 35.2 Å². The van der Waals surface area contributed by atoms with E-state index in [2.05, 4.69) is 76.6 Å². The summed E-state index contributed by atoms with van der Waals surface area (Å²) in [7, 11) is -17.1. The summed E-state index contributed by atoms with van der Waals surface area (Å²) in [5.74, 6) is 4.97. The minimum atomic E-state index is -5.84. The summed E-state index contributed by atoms with van der Waals surface area (Å²) in [5, 5.41) is 21.0. The first kappa shape index (κ1) is 61.0. The number of urea groups is 1. The predicted octanol–water partition coefficient (Wildman–Crippen LogP) is 0.897. The van der Waals surface area contributed by atoms with Crippen LogP contribution in [-0.4, -0.2) is 154 Å². The highest BCUT2D eigenvalue weighted by molar-refractivity contribution is 8.00. The molecule has 0 saturated carbocycles. The quantitative estimate of drug-likeness (QED) is 0.00953. The van der Waals surface area contributed by atoms with Gasteiger partial charge in [0.25, 0.3) is 5.91 Å². The first-order valence-corrected chi connectivity index (χ1v) is 28.1. The molecule has 0 aliphatic carbocycles. The van der Waals surface area contributed by atoms with Gasteiger partial charge in [-0.3, -0.25) is 23.5 Å². The van der Waals surface area contributed by atoms with Crippen LogP contribution in [0.2, 0.25) is 0 Å². The summed E-state index contributed by atoms with van der Waals surface area (Å²) in [6.45, 7) is -2.29. The van der Waals surface area contributed by atoms with Gasteiger partial charge in [0, 0.05) is 58.5 Å². The number of azide groups is 2. The molecule has 3 fully saturated rings. The van der Waals surface area contributed by atoms with E-state index in [0.717, 1.165) is 29.4 Å². The van der Waals surface area contributed by atoms with Crippen molar-refractivity contribution in [3.8, 4) is 17.6 Å². The number of nitrogen functional groups attached to an aromatic ring is 1. The summed E-state index contributed by atoms with van der Waals surface area (Å²) in [6, 6.07) is 6.37. The van der Waals surface area contributed by atoms with Gasteiger partial charge in [0.1, 0.15) is 43.8 Å². The number of nitrogens with two attached hydrogens (primary N) is 1. The molecule has 0 spiro atoms. The number of carbonyl (C=O) groups is 4. The minimum absolute atomic E-state index is 0.0171. The first-order valence-electron chi connectivity index (χ1n) is 22.5. The van der Waals surface area contributed by atoms with Gasteiger partial charge in [0.15, 0.2) is 6.23 Å². The molecule has 5 amide bonds. The number of carbonyl (C=O) groups excluding carboxylic acids is 4. The van der Waals surface area contributed by atoms with Crippen molar-refractivity contribution in [3.05, 3.63) is 73.0 Å². The third-order valence-electron chi connectivity index (χ3n) is 10.5. The second-order valence-electron chi connectivity index (χ2n) is 16.0. The molecule has 3 aliphatic heterocycles. The number of unbranched alkanes of at least 4 members (excludes halogenated alkanes) is 1. The smallest absolute Gasteiger partial charge is 0.490 e. The number of hydrogen-bond donors (Lipinski definition) is 10. The molecule has 38 heteroatoms. The number of hydrogen-bond acceptors (Lipinski definition) is 21. The van der Waals surface area contributed by atoms with Crippen molar-refractivity contribution in [1.82, 2.24) is 36.1 Å². The van der Waals surface area contributed by atoms with Gasteiger partial charge in [-0.1, -0.05) is 34.6 Å². The van der Waals surface area contributed by atoms with Crippen molar-refractivity contribution < 1.29 is 89.3 Å². The van der Waals surface area contributed by atoms with E-state index in [-0.39, 0.29) is 92.6 Å². The van der Waals surface area contributed by atoms with Crippen LogP contribution in [0.5, 0.6) is 5.75 Å². The van der Waals surface area contributed by atoms with E-state index < -0.39 is 85.6 Å². The minimum Gasteiger partial charge on any atom is -0.491 e. The average molecular weight is 1150 g/mol. The third kappa shape index (κ3) is 20.9. The van der Waals surface area contributed by atoms with E-state index in [1.807, 2.05) is 11.8 Å². The Balaban J connectivity index is 0.978. The Morgan fingerprint density at radius 2 is 1.82 bits per heavy atom. The Morgan fingerprint density at radius 3 is 2.58 bits per heavy atom. The number of phosphoric acid groups is 3. The highest BCUT2D eigenvalue weighted by atomic mass is 32.2. The molecule has 34 nitrogen and oxygen atoms in total. The van der Waals surface area contributed by atoms with Gasteiger partial charge in [-0.15, -0.1) is 0 Å². The molecule has 9 atom stereocenters. The summed E-state index contributed by atoms with van der Waals surface area (Å²) >= 11 is 1.83. The number of nitrogens with zero attached hydrogens (tertiary/aromatic N) is 8. The Hall–Kier alpha value is -5.84. The Bertz CT molecular complexity index is 2750. The van der Waals surface area contributed by atoms with Crippen LogP contribution < -0.4 is 42.7 Å². The fourth-order valence-electron chi connectivity index (χ4n) is 7.26. The number of anilines is 1. The lowest BCUT2D eigenvalue weighted by molar-refractivity contribution is -0.126. The zero-order valence-electron chi connectivity index (χ0n) is 39.8. The number of fused-ring (bicyclic) bond motifs is 1. The van der Waals surface area contributed by atoms with Crippen LogP contribution in [0, 0.1) is 11.8 Å². The summed E-state index contributed by atoms with van der Waals surface area (Å²) < 4.78 is 75.5. The number of amides is 5. The molecule has 2 aromatic rings. The topological polar surface area (TPSA) is 493 Å². The van der Waals surface area contributed by atoms with E-state index in [4.69, 9.17) is 50.3 Å². The zero-order chi connectivity index (χ0) is 55.3. The number of aromatic nitrogens is 2. The number of benzene rings is 1. The molecule has 1 aromatic heterocycles. The number of thioether (sulfide) groups is 1. The summed E-state index contributed by atoms with van der Waals surface area (Å²) in [4.78, 5) is 108. The van der Waals surface area contributed by atoms with Crippen LogP contribution in [0.4, 0.5) is 10.6 Å². The summed E-state index contributed by atoms with van der Waals surface area (Å²) in [6.07, 6.45) is -1.18. The van der Waals surface area contributed by atoms with Gasteiger partial charge in [-0.25, -0.2) is 23.3 Å². The highest BCUT2D eigenvalue weighted by Crippen LogP contribution is 2.66. The SMILES string of the molecule is [N-]=[N+]=NCOC1CC(n2cc(C#CCNC(=O)COCCOC(COc3cccc(C(=O)NCCNC(=O)CCCCC4SCC5NC(=O)NC54)c3)N=[N+]=[N-])c(N)nc2=O)OC1COP(=O)(O)OP(=O)(O)OP(=O)(O)O. The van der Waals surface area contributed by atoms with Crippen LogP contribution in [-0.2, 0) is 55.4 Å². The molecule has 5 rings (SSSR count). The van der Waals surface area contributed by atoms with Crippen molar-refractivity contribution in [2.75, 3.05) is 70.9 Å². The maximum Gasteiger partial charge on any atom is 0.490 e. The maximum absolute atomic E-state index is 12.8. The van der Waals surface area contributed by atoms with Gasteiger partial charge in [-0.2, -0.15) is 25.4 Å². The Kier molecular flexibility index (Phi) is 23.8. The monoisotopic (exact) mass is 1150 g/mol. The van der Waals surface area contributed by atoms with Crippen LogP contribution in [0.15, 0.2) is 45.5 Å². The fourth-order valence-corrected chi connectivity index (χ4v) is 11.8. The standard InChI is InChI=1S/C38H53N14O20P3S/c39-35-24(17-52(38(57)48-35)33-16-27(68-22-45-50-40)28(70-33)18-69-74(61,62)72-75(63,64)71-73(58,59)60)6-4-10-42-31(54)19-65-13-14-66-32(49-51-41)20-67-25-7-3-5-23(15-25)36(55)44-12-11-43-30(53)9-2-1-8-29-34-26(21-76-29)46-37(56)47-34/h3,5,7,15,17,26-29,32-34H,1-2,8-14,16,18-22H2,(H,42,54)(H,43,53)(H,44,55)(H,61,62)(H,63,64)(H2,39,48,57)(H2,46,47,56)(H2,58,59,60). The van der Waals surface area contributed by atoms with E-state index in [1.165, 1.54) is 6.07 Å². The van der Waals surface area contributed by atoms with E-state index in [0.29, 0.717) is 18.1 Å². The highest BCUT2D eigenvalue weighted by Gasteiger charge is 2.44.